The average molecular weight is 661 g/mol. The highest BCUT2D eigenvalue weighted by Gasteiger charge is 2.51. The van der Waals surface area contributed by atoms with Crippen LogP contribution in [0.2, 0.25) is 0 Å². The van der Waals surface area contributed by atoms with E-state index in [-0.39, 0.29) is 36.5 Å². The summed E-state index contributed by atoms with van der Waals surface area (Å²) in [4.78, 5) is 43.4. The number of nitrogens with two attached hydrogens (primary N) is 3. The maximum Gasteiger partial charge on any atom is 0.249 e. The molecule has 7 rings (SSSR count). The molecule has 2 aromatic heterocycles. The lowest BCUT2D eigenvalue weighted by Crippen LogP contribution is -2.53. The standard InChI is InChI=1S/C34H48N10O4/c1-18-5-24(45)6-19(2)25(18)11-27(41-30(46)26(35)3-4-39-33(36)37)31(47)42-28(10-23-16-38-17-40-23)32-43-29(44-48-32)15-34-12-20-7-21(13-34)9-22(8-20)14-34/h5-6,16-17,20-22,26-28,45H,3-4,7-15,35H2,1-2H3,(H,38,40)(H,41,46)(H,42,47)(H4,36,37,39)/t20?,21?,22?,26-,27+,28+,34?/m1/s1. The fraction of sp³-hybridized carbons (Fsp3) is 0.588. The van der Waals surface area contributed by atoms with Crippen molar-refractivity contribution in [3.8, 4) is 5.75 Å². The van der Waals surface area contributed by atoms with Gasteiger partial charge in [0.05, 0.1) is 12.4 Å². The van der Waals surface area contributed by atoms with Crippen LogP contribution in [0, 0.1) is 37.0 Å². The third-order valence-corrected chi connectivity index (χ3v) is 10.6. The minimum absolute atomic E-state index is 0.0939. The number of aromatic hydroxyl groups is 1. The average Bonchev–Trinajstić information content (AvgIpc) is 3.69. The van der Waals surface area contributed by atoms with E-state index in [1.54, 1.807) is 24.7 Å². The Morgan fingerprint density at radius 2 is 1.73 bits per heavy atom. The van der Waals surface area contributed by atoms with Crippen LogP contribution in [0.15, 0.2) is 34.2 Å². The monoisotopic (exact) mass is 660 g/mol. The molecule has 0 saturated heterocycles. The lowest BCUT2D eigenvalue weighted by atomic mass is 9.49. The summed E-state index contributed by atoms with van der Waals surface area (Å²) in [7, 11) is 0. The number of hydrogen-bond acceptors (Lipinski definition) is 9. The number of nitrogens with one attached hydrogen (secondary N) is 3. The van der Waals surface area contributed by atoms with Crippen LogP contribution in [0.1, 0.15) is 85.1 Å². The summed E-state index contributed by atoms with van der Waals surface area (Å²) in [6.45, 7) is 3.87. The summed E-state index contributed by atoms with van der Waals surface area (Å²) in [5.41, 5.74) is 20.4. The van der Waals surface area contributed by atoms with Gasteiger partial charge < -0.3 is 42.4 Å². The highest BCUT2D eigenvalue weighted by molar-refractivity contribution is 5.90. The Bertz CT molecular complexity index is 1570. The molecule has 4 aliphatic carbocycles. The molecule has 0 aliphatic heterocycles. The zero-order chi connectivity index (χ0) is 34.0. The van der Waals surface area contributed by atoms with Crippen LogP contribution in [0.4, 0.5) is 0 Å². The Morgan fingerprint density at radius 3 is 2.33 bits per heavy atom. The molecular formula is C34H48N10O4. The zero-order valence-corrected chi connectivity index (χ0v) is 27.7. The third-order valence-electron chi connectivity index (χ3n) is 10.6. The number of phenolic OH excluding ortho intramolecular Hbond substituents is 1. The first-order valence-corrected chi connectivity index (χ1v) is 17.0. The number of nitrogens with zero attached hydrogens (tertiary/aromatic N) is 4. The SMILES string of the molecule is Cc1cc(O)cc(C)c1C[C@H](NC(=O)[C@H](N)CCN=C(N)N)C(=O)N[C@@H](Cc1cnc[nH]1)c1nc(CC23CC4CC(CC(C4)C2)C3)no1. The first-order chi connectivity index (χ1) is 22.9. The van der Waals surface area contributed by atoms with Gasteiger partial charge in [0.1, 0.15) is 17.8 Å². The van der Waals surface area contributed by atoms with Gasteiger partial charge in [0.2, 0.25) is 17.7 Å². The molecule has 4 bridgehead atoms. The van der Waals surface area contributed by atoms with Crippen LogP contribution in [-0.2, 0) is 28.9 Å². The number of carbonyl (C=O) groups is 2. The Labute approximate surface area is 280 Å². The van der Waals surface area contributed by atoms with Gasteiger partial charge in [-0.2, -0.15) is 4.98 Å². The largest absolute Gasteiger partial charge is 0.508 e. The van der Waals surface area contributed by atoms with E-state index in [4.69, 9.17) is 26.7 Å². The first-order valence-electron chi connectivity index (χ1n) is 17.0. The lowest BCUT2D eigenvalue weighted by molar-refractivity contribution is -0.130. The number of imidazole rings is 1. The number of aromatic nitrogens is 4. The summed E-state index contributed by atoms with van der Waals surface area (Å²) in [5, 5.41) is 20.4. The Balaban J connectivity index is 1.22. The lowest BCUT2D eigenvalue weighted by Gasteiger charge is -2.56. The Hall–Kier alpha value is -4.46. The van der Waals surface area contributed by atoms with E-state index in [2.05, 4.69) is 30.8 Å². The van der Waals surface area contributed by atoms with Crippen molar-refractivity contribution in [2.24, 2.45) is 45.4 Å². The van der Waals surface area contributed by atoms with E-state index in [0.717, 1.165) is 46.6 Å². The molecule has 2 amide bonds. The Kier molecular flexibility index (Phi) is 9.72. The van der Waals surface area contributed by atoms with Gasteiger partial charge in [0.15, 0.2) is 11.8 Å². The van der Waals surface area contributed by atoms with E-state index in [1.807, 2.05) is 13.8 Å². The van der Waals surface area contributed by atoms with E-state index in [1.165, 1.54) is 38.5 Å². The van der Waals surface area contributed by atoms with Crippen molar-refractivity contribution in [2.45, 2.75) is 96.2 Å². The molecule has 2 heterocycles. The summed E-state index contributed by atoms with van der Waals surface area (Å²) in [6, 6.07) is 0.615. The third kappa shape index (κ3) is 7.80. The molecule has 4 fully saturated rings. The normalized spacial score (nSPS) is 24.5. The molecule has 14 heteroatoms. The minimum Gasteiger partial charge on any atom is -0.508 e. The minimum atomic E-state index is -1.01. The number of aliphatic imine (C=N–C) groups is 1. The number of H-pyrrole nitrogens is 1. The summed E-state index contributed by atoms with van der Waals surface area (Å²) >= 11 is 0. The first kappa shape index (κ1) is 33.4. The second kappa shape index (κ2) is 14.0. The van der Waals surface area contributed by atoms with Crippen molar-refractivity contribution in [3.63, 3.8) is 0 Å². The van der Waals surface area contributed by atoms with E-state index < -0.39 is 29.9 Å². The van der Waals surface area contributed by atoms with Crippen LogP contribution in [-0.4, -0.2) is 61.6 Å². The van der Waals surface area contributed by atoms with Crippen molar-refractivity contribution < 1.29 is 19.2 Å². The summed E-state index contributed by atoms with van der Waals surface area (Å²) in [5.74, 6) is 2.46. The number of hydrogen-bond donors (Lipinski definition) is 7. The fourth-order valence-electron chi connectivity index (χ4n) is 8.86. The number of benzene rings is 1. The Morgan fingerprint density at radius 1 is 1.06 bits per heavy atom. The molecule has 0 radical (unpaired) electrons. The summed E-state index contributed by atoms with van der Waals surface area (Å²) < 4.78 is 5.84. The number of guanidine groups is 1. The highest BCUT2D eigenvalue weighted by atomic mass is 16.5. The van der Waals surface area contributed by atoms with Gasteiger partial charge in [0, 0.05) is 37.7 Å². The molecule has 258 valence electrons. The van der Waals surface area contributed by atoms with E-state index in [0.29, 0.717) is 18.1 Å². The van der Waals surface area contributed by atoms with Gasteiger partial charge in [-0.25, -0.2) is 4.98 Å². The number of aryl methyl sites for hydroxylation is 2. The molecule has 3 atom stereocenters. The molecule has 10 N–H and O–H groups in total. The molecule has 0 unspecified atom stereocenters. The van der Waals surface area contributed by atoms with Gasteiger partial charge in [-0.05, 0) is 111 Å². The molecule has 1 aromatic carbocycles. The highest BCUT2D eigenvalue weighted by Crippen LogP contribution is 2.60. The number of rotatable bonds is 14. The topological polar surface area (TPSA) is 236 Å². The van der Waals surface area contributed by atoms with Crippen LogP contribution in [0.5, 0.6) is 5.75 Å². The summed E-state index contributed by atoms with van der Waals surface area (Å²) in [6.07, 6.45) is 12.5. The van der Waals surface area contributed by atoms with Crippen molar-refractivity contribution in [2.75, 3.05) is 6.54 Å². The van der Waals surface area contributed by atoms with Crippen LogP contribution >= 0.6 is 0 Å². The van der Waals surface area contributed by atoms with Crippen LogP contribution in [0.3, 0.4) is 0 Å². The maximum absolute atomic E-state index is 14.1. The van der Waals surface area contributed by atoms with Crippen molar-refractivity contribution in [1.82, 2.24) is 30.7 Å². The van der Waals surface area contributed by atoms with Crippen LogP contribution < -0.4 is 27.8 Å². The van der Waals surface area contributed by atoms with Gasteiger partial charge in [-0.3, -0.25) is 14.6 Å². The number of carbonyl (C=O) groups excluding carboxylic acids is 2. The van der Waals surface area contributed by atoms with Crippen molar-refractivity contribution >= 4 is 17.8 Å². The molecule has 0 spiro atoms. The molecule has 4 saturated carbocycles. The molecule has 14 nitrogen and oxygen atoms in total. The van der Waals surface area contributed by atoms with Crippen molar-refractivity contribution in [1.29, 1.82) is 0 Å². The second-order valence-electron chi connectivity index (χ2n) is 14.5. The van der Waals surface area contributed by atoms with E-state index >= 15 is 0 Å². The van der Waals surface area contributed by atoms with Gasteiger partial charge in [0.25, 0.3) is 0 Å². The fourth-order valence-corrected chi connectivity index (χ4v) is 8.86. The smallest absolute Gasteiger partial charge is 0.249 e. The molecular weight excluding hydrogens is 612 g/mol. The number of aromatic amines is 1. The predicted octanol–water partition coefficient (Wildman–Crippen LogP) is 1.99. The van der Waals surface area contributed by atoms with Gasteiger partial charge in [-0.15, -0.1) is 0 Å². The number of phenols is 1. The maximum atomic E-state index is 14.1. The van der Waals surface area contributed by atoms with E-state index in [9.17, 15) is 14.7 Å². The molecule has 4 aliphatic rings. The quantitative estimate of drug-likeness (QED) is 0.0980. The number of amides is 2. The predicted molar refractivity (Wildman–Crippen MR) is 178 cm³/mol. The molecule has 3 aromatic rings. The zero-order valence-electron chi connectivity index (χ0n) is 27.7. The second-order valence-corrected chi connectivity index (χ2v) is 14.5. The van der Waals surface area contributed by atoms with Gasteiger partial charge >= 0.3 is 0 Å². The van der Waals surface area contributed by atoms with Crippen LogP contribution in [0.25, 0.3) is 0 Å². The van der Waals surface area contributed by atoms with Gasteiger partial charge in [-0.1, -0.05) is 5.16 Å². The van der Waals surface area contributed by atoms with Crippen molar-refractivity contribution in [3.05, 3.63) is 58.8 Å². The molecule has 48 heavy (non-hydrogen) atoms.